The van der Waals surface area contributed by atoms with Gasteiger partial charge in [0.25, 0.3) is 0 Å². The maximum Gasteiger partial charge on any atom is 0.512 e. The molecule has 27 heavy (non-hydrogen) atoms. The molecule has 6 heteroatoms. The molecule has 0 aliphatic heterocycles. The third-order valence-electron chi connectivity index (χ3n) is 3.45. The van der Waals surface area contributed by atoms with Gasteiger partial charge in [0.1, 0.15) is 0 Å². The standard InChI is InChI=1S/C11H8N.C10H7NO3.Ir/c1-2-6-10(7-3-1)11-8-4-5-9-12-11;12-10(13)14-9-5-7-3-1-2-4-8(7)6-11-9;/h1-6,8-9H;1-6H,(H,12,13);/q-1;;. The summed E-state index contributed by atoms with van der Waals surface area (Å²) in [7, 11) is 0. The molecule has 0 saturated heterocycles. The van der Waals surface area contributed by atoms with Crippen molar-refractivity contribution in [3.05, 3.63) is 91.3 Å². The number of rotatable bonds is 2. The summed E-state index contributed by atoms with van der Waals surface area (Å²) >= 11 is 0. The Morgan fingerprint density at radius 1 is 0.926 bits per heavy atom. The van der Waals surface area contributed by atoms with Gasteiger partial charge in [-0.25, -0.2) is 9.78 Å². The van der Waals surface area contributed by atoms with Crippen LogP contribution >= 0.6 is 0 Å². The molecular formula is C21H15IrN2O3-. The first kappa shape index (κ1) is 20.2. The number of carboxylic acid groups (broad SMARTS) is 1. The second kappa shape index (κ2) is 10.2. The average Bonchev–Trinajstić information content (AvgIpc) is 2.69. The minimum Gasteiger partial charge on any atom is -0.449 e. The minimum absolute atomic E-state index is 0. The number of fused-ring (bicyclic) bond motifs is 1. The van der Waals surface area contributed by atoms with Crippen LogP contribution in [0.5, 0.6) is 5.88 Å². The Hall–Kier alpha value is -3.08. The van der Waals surface area contributed by atoms with Crippen LogP contribution in [0.2, 0.25) is 0 Å². The fourth-order valence-corrected chi connectivity index (χ4v) is 2.28. The van der Waals surface area contributed by atoms with E-state index in [0.29, 0.717) is 0 Å². The molecule has 0 atom stereocenters. The molecule has 0 bridgehead atoms. The van der Waals surface area contributed by atoms with E-state index in [1.54, 1.807) is 18.5 Å². The van der Waals surface area contributed by atoms with Crippen LogP contribution in [0.15, 0.2) is 85.2 Å². The number of hydrogen-bond donors (Lipinski definition) is 1. The van der Waals surface area contributed by atoms with Crippen molar-refractivity contribution in [2.24, 2.45) is 0 Å². The van der Waals surface area contributed by atoms with Gasteiger partial charge < -0.3 is 14.8 Å². The maximum absolute atomic E-state index is 10.2. The molecular weight excluding hydrogens is 520 g/mol. The fourth-order valence-electron chi connectivity index (χ4n) is 2.28. The molecule has 0 amide bonds. The van der Waals surface area contributed by atoms with E-state index in [1.165, 1.54) is 0 Å². The van der Waals surface area contributed by atoms with Crippen molar-refractivity contribution in [3.63, 3.8) is 0 Å². The minimum atomic E-state index is -1.35. The number of pyridine rings is 2. The summed E-state index contributed by atoms with van der Waals surface area (Å²) in [5.41, 5.74) is 2.01. The Morgan fingerprint density at radius 2 is 1.67 bits per heavy atom. The van der Waals surface area contributed by atoms with Gasteiger partial charge >= 0.3 is 6.16 Å². The van der Waals surface area contributed by atoms with Gasteiger partial charge in [0.05, 0.1) is 0 Å². The molecule has 1 N–H and O–H groups in total. The molecule has 1 radical (unpaired) electrons. The molecule has 0 aliphatic rings. The zero-order chi connectivity index (χ0) is 18.2. The van der Waals surface area contributed by atoms with Gasteiger partial charge in [-0.15, -0.1) is 35.9 Å². The topological polar surface area (TPSA) is 72.3 Å². The van der Waals surface area contributed by atoms with Crippen LogP contribution in [-0.2, 0) is 20.1 Å². The molecule has 4 rings (SSSR count). The van der Waals surface area contributed by atoms with Gasteiger partial charge in [0.2, 0.25) is 5.88 Å². The van der Waals surface area contributed by atoms with E-state index in [0.717, 1.165) is 22.0 Å². The molecule has 2 aromatic carbocycles. The van der Waals surface area contributed by atoms with Gasteiger partial charge in [-0.3, -0.25) is 0 Å². The van der Waals surface area contributed by atoms with Gasteiger partial charge in [0, 0.05) is 44.0 Å². The van der Waals surface area contributed by atoms with E-state index >= 15 is 0 Å². The molecule has 0 unspecified atom stereocenters. The monoisotopic (exact) mass is 536 g/mol. The summed E-state index contributed by atoms with van der Waals surface area (Å²) < 4.78 is 4.43. The summed E-state index contributed by atoms with van der Waals surface area (Å²) in [6.07, 6.45) is 2.01. The van der Waals surface area contributed by atoms with Crippen LogP contribution in [0, 0.1) is 6.07 Å². The van der Waals surface area contributed by atoms with Crippen LogP contribution in [0.4, 0.5) is 4.79 Å². The molecule has 0 aliphatic carbocycles. The predicted octanol–water partition coefficient (Wildman–Crippen LogP) is 4.84. The number of nitrogens with zero attached hydrogens (tertiary/aromatic N) is 2. The third-order valence-corrected chi connectivity index (χ3v) is 3.45. The maximum atomic E-state index is 10.2. The molecule has 2 aromatic heterocycles. The van der Waals surface area contributed by atoms with E-state index in [1.807, 2.05) is 66.7 Å². The molecule has 0 spiro atoms. The van der Waals surface area contributed by atoms with Gasteiger partial charge in [-0.1, -0.05) is 36.4 Å². The van der Waals surface area contributed by atoms with Crippen molar-refractivity contribution in [1.29, 1.82) is 0 Å². The molecule has 2 heterocycles. The van der Waals surface area contributed by atoms with E-state index < -0.39 is 6.16 Å². The smallest absolute Gasteiger partial charge is 0.449 e. The van der Waals surface area contributed by atoms with Crippen LogP contribution < -0.4 is 4.74 Å². The Labute approximate surface area is 170 Å². The van der Waals surface area contributed by atoms with Gasteiger partial charge in [0.15, 0.2) is 0 Å². The van der Waals surface area contributed by atoms with Gasteiger partial charge in [-0.05, 0) is 17.1 Å². The van der Waals surface area contributed by atoms with Crippen LogP contribution in [0.25, 0.3) is 22.0 Å². The van der Waals surface area contributed by atoms with E-state index in [9.17, 15) is 4.79 Å². The Bertz CT molecular complexity index is 958. The van der Waals surface area contributed by atoms with Crippen molar-refractivity contribution in [3.8, 4) is 17.1 Å². The Balaban J connectivity index is 0.000000189. The number of aromatic nitrogens is 2. The number of ether oxygens (including phenoxy) is 1. The Morgan fingerprint density at radius 3 is 2.33 bits per heavy atom. The summed E-state index contributed by atoms with van der Waals surface area (Å²) in [4.78, 5) is 18.3. The zero-order valence-electron chi connectivity index (χ0n) is 14.1. The summed E-state index contributed by atoms with van der Waals surface area (Å²) in [6.45, 7) is 0. The first-order chi connectivity index (χ1) is 12.7. The van der Waals surface area contributed by atoms with Crippen molar-refractivity contribution < 1.29 is 34.7 Å². The predicted molar refractivity (Wildman–Crippen MR) is 98.9 cm³/mol. The van der Waals surface area contributed by atoms with Crippen molar-refractivity contribution in [2.45, 2.75) is 0 Å². The fraction of sp³-hybridized carbons (Fsp3) is 0. The first-order valence-electron chi connectivity index (χ1n) is 7.86. The van der Waals surface area contributed by atoms with E-state index in [2.05, 4.69) is 20.8 Å². The number of benzene rings is 2. The van der Waals surface area contributed by atoms with Crippen LogP contribution in [-0.4, -0.2) is 21.2 Å². The van der Waals surface area contributed by atoms with Crippen molar-refractivity contribution in [1.82, 2.24) is 9.97 Å². The number of hydrogen-bond acceptors (Lipinski definition) is 4. The normalized spacial score (nSPS) is 9.48. The van der Waals surface area contributed by atoms with Gasteiger partial charge in [-0.2, -0.15) is 0 Å². The van der Waals surface area contributed by atoms with Crippen LogP contribution in [0.3, 0.4) is 0 Å². The molecule has 4 aromatic rings. The summed E-state index contributed by atoms with van der Waals surface area (Å²) in [5, 5.41) is 10.2. The third kappa shape index (κ3) is 5.99. The average molecular weight is 536 g/mol. The molecule has 5 nitrogen and oxygen atoms in total. The molecule has 0 fully saturated rings. The quantitative estimate of drug-likeness (QED) is 0.294. The SMILES string of the molecule is O=C(O)Oc1cc2ccccc2cn1.[Ir].[c-]1ccccc1-c1ccccn1. The van der Waals surface area contributed by atoms with E-state index in [-0.39, 0.29) is 26.0 Å². The van der Waals surface area contributed by atoms with Crippen LogP contribution in [0.1, 0.15) is 0 Å². The second-order valence-corrected chi connectivity index (χ2v) is 5.23. The van der Waals surface area contributed by atoms with Crippen molar-refractivity contribution in [2.75, 3.05) is 0 Å². The number of carbonyl (C=O) groups is 1. The second-order valence-electron chi connectivity index (χ2n) is 5.23. The van der Waals surface area contributed by atoms with Crippen molar-refractivity contribution >= 4 is 16.9 Å². The zero-order valence-corrected chi connectivity index (χ0v) is 16.5. The van der Waals surface area contributed by atoms with E-state index in [4.69, 9.17) is 5.11 Å². The molecule has 0 saturated carbocycles. The summed E-state index contributed by atoms with van der Waals surface area (Å²) in [5.74, 6) is 0.0937. The summed E-state index contributed by atoms with van der Waals surface area (Å²) in [6, 6.07) is 25.9. The first-order valence-corrected chi connectivity index (χ1v) is 7.86. The largest absolute Gasteiger partial charge is 0.512 e. The molecule has 137 valence electrons. The Kier molecular flexibility index (Phi) is 7.62.